The lowest BCUT2D eigenvalue weighted by Gasteiger charge is -2.17. The molecule has 120 valence electrons. The second kappa shape index (κ2) is 5.78. The zero-order chi connectivity index (χ0) is 16.5. The van der Waals surface area contributed by atoms with Crippen molar-refractivity contribution in [2.24, 2.45) is 0 Å². The van der Waals surface area contributed by atoms with Crippen molar-refractivity contribution >= 4 is 17.8 Å². The van der Waals surface area contributed by atoms with E-state index in [1.54, 1.807) is 13.8 Å². The zero-order valence-corrected chi connectivity index (χ0v) is 13.2. The highest BCUT2D eigenvalue weighted by Gasteiger charge is 2.44. The molecule has 1 aliphatic heterocycles. The number of aryl methyl sites for hydroxylation is 1. The van der Waals surface area contributed by atoms with Gasteiger partial charge in [-0.1, -0.05) is 0 Å². The molecule has 0 saturated carbocycles. The van der Waals surface area contributed by atoms with Gasteiger partial charge in [-0.2, -0.15) is 5.10 Å². The van der Waals surface area contributed by atoms with Gasteiger partial charge in [-0.15, -0.1) is 0 Å². The third kappa shape index (κ3) is 3.44. The lowest BCUT2D eigenvalue weighted by molar-refractivity contribution is -0.134. The van der Waals surface area contributed by atoms with E-state index in [1.165, 1.54) is 0 Å². The second-order valence-corrected chi connectivity index (χ2v) is 6.16. The van der Waals surface area contributed by atoms with Gasteiger partial charge < -0.3 is 10.6 Å². The first kappa shape index (κ1) is 16.0. The van der Waals surface area contributed by atoms with E-state index < -0.39 is 17.5 Å². The van der Waals surface area contributed by atoms with E-state index in [0.717, 1.165) is 16.3 Å². The van der Waals surface area contributed by atoms with Crippen LogP contribution < -0.4 is 10.6 Å². The maximum absolute atomic E-state index is 12.0. The SMILES string of the molecule is Cc1cc(C[C@H](C)NC(=O)CN2C(=O)NC(C)(C)C2=O)n[nH]1. The summed E-state index contributed by atoms with van der Waals surface area (Å²) in [5, 5.41) is 12.2. The molecular weight excluding hydrogens is 286 g/mol. The standard InChI is InChI=1S/C14H21N5O3/c1-8(5-10-6-9(2)17-18-10)15-11(20)7-19-12(21)14(3,4)16-13(19)22/h6,8H,5,7H2,1-4H3,(H,15,20)(H,16,22)(H,17,18)/t8-/m0/s1. The maximum atomic E-state index is 12.0. The number of hydrogen-bond acceptors (Lipinski definition) is 4. The Morgan fingerprint density at radius 3 is 2.64 bits per heavy atom. The highest BCUT2D eigenvalue weighted by Crippen LogP contribution is 2.16. The van der Waals surface area contributed by atoms with Gasteiger partial charge in [0.15, 0.2) is 0 Å². The van der Waals surface area contributed by atoms with Gasteiger partial charge in [-0.25, -0.2) is 4.79 Å². The Hall–Kier alpha value is -2.38. The van der Waals surface area contributed by atoms with Crippen LogP contribution in [-0.4, -0.2) is 51.1 Å². The fourth-order valence-electron chi connectivity index (χ4n) is 2.37. The Morgan fingerprint density at radius 1 is 1.45 bits per heavy atom. The number of aromatic amines is 1. The molecule has 0 spiro atoms. The molecule has 8 nitrogen and oxygen atoms in total. The van der Waals surface area contributed by atoms with Crippen LogP contribution in [0.3, 0.4) is 0 Å². The minimum atomic E-state index is -0.963. The molecule has 1 aliphatic rings. The molecule has 0 aromatic carbocycles. The number of H-pyrrole nitrogens is 1. The zero-order valence-electron chi connectivity index (χ0n) is 13.2. The van der Waals surface area contributed by atoms with Crippen LogP contribution in [0.5, 0.6) is 0 Å². The van der Waals surface area contributed by atoms with Crippen molar-refractivity contribution in [2.75, 3.05) is 6.54 Å². The Balaban J connectivity index is 1.87. The van der Waals surface area contributed by atoms with Gasteiger partial charge in [0.25, 0.3) is 5.91 Å². The van der Waals surface area contributed by atoms with Crippen LogP contribution in [0.25, 0.3) is 0 Å². The normalized spacial score (nSPS) is 18.3. The van der Waals surface area contributed by atoms with Crippen molar-refractivity contribution in [2.45, 2.75) is 45.7 Å². The van der Waals surface area contributed by atoms with Crippen LogP contribution in [0.15, 0.2) is 6.07 Å². The minimum absolute atomic E-state index is 0.149. The van der Waals surface area contributed by atoms with E-state index in [0.29, 0.717) is 6.42 Å². The highest BCUT2D eigenvalue weighted by atomic mass is 16.2. The summed E-state index contributed by atoms with van der Waals surface area (Å²) in [6.07, 6.45) is 0.571. The summed E-state index contributed by atoms with van der Waals surface area (Å²) in [4.78, 5) is 36.6. The molecule has 0 bridgehead atoms. The van der Waals surface area contributed by atoms with E-state index in [2.05, 4.69) is 20.8 Å². The molecule has 1 aromatic heterocycles. The van der Waals surface area contributed by atoms with Crippen molar-refractivity contribution in [1.29, 1.82) is 0 Å². The number of carbonyl (C=O) groups excluding carboxylic acids is 3. The first-order valence-electron chi connectivity index (χ1n) is 7.13. The Kier molecular flexibility index (Phi) is 4.20. The average molecular weight is 307 g/mol. The summed E-state index contributed by atoms with van der Waals surface area (Å²) in [5.74, 6) is -0.774. The summed E-state index contributed by atoms with van der Waals surface area (Å²) in [5.41, 5.74) is 0.840. The Labute approximate surface area is 128 Å². The molecule has 0 radical (unpaired) electrons. The quantitative estimate of drug-likeness (QED) is 0.670. The number of urea groups is 1. The number of amides is 4. The molecule has 4 amide bonds. The van der Waals surface area contributed by atoms with E-state index in [1.807, 2.05) is 19.9 Å². The molecule has 2 rings (SSSR count). The summed E-state index contributed by atoms with van der Waals surface area (Å²) < 4.78 is 0. The Morgan fingerprint density at radius 2 is 2.14 bits per heavy atom. The van der Waals surface area contributed by atoms with Gasteiger partial charge in [-0.3, -0.25) is 19.6 Å². The number of imide groups is 1. The first-order valence-corrected chi connectivity index (χ1v) is 7.13. The van der Waals surface area contributed by atoms with Gasteiger partial charge in [0.2, 0.25) is 5.91 Å². The van der Waals surface area contributed by atoms with Gasteiger partial charge in [0, 0.05) is 18.2 Å². The molecule has 0 unspecified atom stereocenters. The average Bonchev–Trinajstić information content (AvgIpc) is 2.86. The lowest BCUT2D eigenvalue weighted by atomic mass is 10.1. The van der Waals surface area contributed by atoms with Gasteiger partial charge in [0.1, 0.15) is 12.1 Å². The lowest BCUT2D eigenvalue weighted by Crippen LogP contribution is -2.45. The van der Waals surface area contributed by atoms with E-state index in [9.17, 15) is 14.4 Å². The molecule has 22 heavy (non-hydrogen) atoms. The number of carbonyl (C=O) groups is 3. The molecule has 1 atom stereocenters. The predicted molar refractivity (Wildman–Crippen MR) is 79.0 cm³/mol. The Bertz CT molecular complexity index is 607. The summed E-state index contributed by atoms with van der Waals surface area (Å²) in [7, 11) is 0. The third-order valence-electron chi connectivity index (χ3n) is 3.43. The van der Waals surface area contributed by atoms with Crippen LogP contribution in [0, 0.1) is 6.92 Å². The molecule has 1 aromatic rings. The van der Waals surface area contributed by atoms with Crippen LogP contribution in [0.2, 0.25) is 0 Å². The van der Waals surface area contributed by atoms with Crippen molar-refractivity contribution in [3.05, 3.63) is 17.5 Å². The number of nitrogens with zero attached hydrogens (tertiary/aromatic N) is 2. The van der Waals surface area contributed by atoms with E-state index in [4.69, 9.17) is 0 Å². The molecule has 2 heterocycles. The summed E-state index contributed by atoms with van der Waals surface area (Å²) >= 11 is 0. The van der Waals surface area contributed by atoms with Crippen LogP contribution >= 0.6 is 0 Å². The van der Waals surface area contributed by atoms with Gasteiger partial charge in [-0.05, 0) is 33.8 Å². The largest absolute Gasteiger partial charge is 0.352 e. The first-order chi connectivity index (χ1) is 10.2. The fraction of sp³-hybridized carbons (Fsp3) is 0.571. The van der Waals surface area contributed by atoms with Crippen LogP contribution in [0.4, 0.5) is 4.79 Å². The highest BCUT2D eigenvalue weighted by molar-refractivity contribution is 6.08. The second-order valence-electron chi connectivity index (χ2n) is 6.16. The van der Waals surface area contributed by atoms with Crippen molar-refractivity contribution in [1.82, 2.24) is 25.7 Å². The van der Waals surface area contributed by atoms with Gasteiger partial charge in [0.05, 0.1) is 5.69 Å². The van der Waals surface area contributed by atoms with E-state index in [-0.39, 0.29) is 18.5 Å². The molecule has 8 heteroatoms. The minimum Gasteiger partial charge on any atom is -0.352 e. The van der Waals surface area contributed by atoms with Crippen molar-refractivity contribution in [3.8, 4) is 0 Å². The predicted octanol–water partition coefficient (Wildman–Crippen LogP) is 0.0957. The maximum Gasteiger partial charge on any atom is 0.325 e. The molecule has 1 saturated heterocycles. The molecule has 0 aliphatic carbocycles. The topological polar surface area (TPSA) is 107 Å². The number of rotatable bonds is 5. The van der Waals surface area contributed by atoms with Crippen molar-refractivity contribution in [3.63, 3.8) is 0 Å². The monoisotopic (exact) mass is 307 g/mol. The number of nitrogens with one attached hydrogen (secondary N) is 3. The molecular formula is C14H21N5O3. The van der Waals surface area contributed by atoms with Crippen LogP contribution in [0.1, 0.15) is 32.2 Å². The van der Waals surface area contributed by atoms with Gasteiger partial charge >= 0.3 is 6.03 Å². The third-order valence-corrected chi connectivity index (χ3v) is 3.43. The summed E-state index contributed by atoms with van der Waals surface area (Å²) in [6.45, 7) is 6.68. The smallest absolute Gasteiger partial charge is 0.325 e. The van der Waals surface area contributed by atoms with Crippen LogP contribution in [-0.2, 0) is 16.0 Å². The summed E-state index contributed by atoms with van der Waals surface area (Å²) in [6, 6.07) is 1.22. The number of aromatic nitrogens is 2. The molecule has 3 N–H and O–H groups in total. The fourth-order valence-corrected chi connectivity index (χ4v) is 2.37. The number of hydrogen-bond donors (Lipinski definition) is 3. The van der Waals surface area contributed by atoms with Crippen molar-refractivity contribution < 1.29 is 14.4 Å². The molecule has 1 fully saturated rings. The van der Waals surface area contributed by atoms with E-state index >= 15 is 0 Å².